The molecule has 0 aliphatic heterocycles. The quantitative estimate of drug-likeness (QED) is 0.911. The molecule has 0 aliphatic rings. The van der Waals surface area contributed by atoms with E-state index in [-0.39, 0.29) is 4.90 Å². The van der Waals surface area contributed by atoms with Crippen LogP contribution in [-0.2, 0) is 10.0 Å². The molecule has 0 fully saturated rings. The van der Waals surface area contributed by atoms with Crippen LogP contribution in [0.3, 0.4) is 0 Å². The number of para-hydroxylation sites is 1. The molecule has 106 valence electrons. The topological polar surface area (TPSA) is 66.4 Å². The summed E-state index contributed by atoms with van der Waals surface area (Å²) in [5.74, 6) is 0. The third kappa shape index (κ3) is 3.30. The Morgan fingerprint density at radius 3 is 2.50 bits per heavy atom. The monoisotopic (exact) mass is 311 g/mol. The normalized spacial score (nSPS) is 12.9. The molecule has 1 atom stereocenters. The summed E-state index contributed by atoms with van der Waals surface area (Å²) in [6.07, 6.45) is -0.731. The first-order chi connectivity index (χ1) is 9.40. The van der Waals surface area contributed by atoms with Crippen molar-refractivity contribution in [3.8, 4) is 0 Å². The lowest BCUT2D eigenvalue weighted by Gasteiger charge is -2.11. The highest BCUT2D eigenvalue weighted by molar-refractivity contribution is 7.92. The predicted octanol–water partition coefficient (Wildman–Crippen LogP) is 3.19. The molecule has 0 spiro atoms. The summed E-state index contributed by atoms with van der Waals surface area (Å²) in [4.78, 5) is 0.0795. The van der Waals surface area contributed by atoms with Gasteiger partial charge in [-0.1, -0.05) is 35.9 Å². The maximum atomic E-state index is 12.3. The third-order valence-corrected chi connectivity index (χ3v) is 4.46. The number of halogens is 1. The number of aliphatic hydroxyl groups is 1. The fourth-order valence-electron chi connectivity index (χ4n) is 1.69. The van der Waals surface area contributed by atoms with Gasteiger partial charge in [0.2, 0.25) is 0 Å². The highest BCUT2D eigenvalue weighted by atomic mass is 35.5. The van der Waals surface area contributed by atoms with Crippen LogP contribution in [0.1, 0.15) is 18.6 Å². The van der Waals surface area contributed by atoms with E-state index in [1.54, 1.807) is 43.3 Å². The molecule has 2 aromatic rings. The highest BCUT2D eigenvalue weighted by Gasteiger charge is 2.16. The van der Waals surface area contributed by atoms with Crippen LogP contribution in [0.5, 0.6) is 0 Å². The summed E-state index contributed by atoms with van der Waals surface area (Å²) in [6, 6.07) is 12.7. The second-order valence-corrected chi connectivity index (χ2v) is 6.42. The minimum atomic E-state index is -3.74. The Morgan fingerprint density at radius 2 is 1.85 bits per heavy atom. The Balaban J connectivity index is 2.36. The molecule has 0 bridgehead atoms. The van der Waals surface area contributed by atoms with Crippen LogP contribution in [0, 0.1) is 0 Å². The van der Waals surface area contributed by atoms with E-state index in [9.17, 15) is 13.5 Å². The average Bonchev–Trinajstić information content (AvgIpc) is 2.41. The zero-order chi connectivity index (χ0) is 14.8. The summed E-state index contributed by atoms with van der Waals surface area (Å²) < 4.78 is 27.0. The zero-order valence-electron chi connectivity index (χ0n) is 10.7. The van der Waals surface area contributed by atoms with Crippen molar-refractivity contribution in [2.75, 3.05) is 4.72 Å². The van der Waals surface area contributed by atoms with Gasteiger partial charge in [-0.25, -0.2) is 8.42 Å². The molecule has 2 N–H and O–H groups in total. The number of hydrogen-bond donors (Lipinski definition) is 2. The minimum absolute atomic E-state index is 0.0795. The number of rotatable bonds is 4. The number of sulfonamides is 1. The second-order valence-electron chi connectivity index (χ2n) is 4.33. The molecule has 0 amide bonds. The van der Waals surface area contributed by atoms with Crippen molar-refractivity contribution in [1.82, 2.24) is 0 Å². The van der Waals surface area contributed by atoms with E-state index in [1.165, 1.54) is 12.1 Å². The predicted molar refractivity (Wildman–Crippen MR) is 79.3 cm³/mol. The first-order valence-electron chi connectivity index (χ1n) is 5.95. The molecule has 2 rings (SSSR count). The van der Waals surface area contributed by atoms with Gasteiger partial charge < -0.3 is 5.11 Å². The lowest BCUT2D eigenvalue weighted by molar-refractivity contribution is 0.199. The molecule has 0 heterocycles. The molecule has 0 aromatic heterocycles. The van der Waals surface area contributed by atoms with Crippen LogP contribution in [0.15, 0.2) is 53.4 Å². The van der Waals surface area contributed by atoms with Crippen molar-refractivity contribution < 1.29 is 13.5 Å². The van der Waals surface area contributed by atoms with E-state index in [1.807, 2.05) is 0 Å². The van der Waals surface area contributed by atoms with Gasteiger partial charge in [-0.15, -0.1) is 0 Å². The Labute approximate surface area is 123 Å². The van der Waals surface area contributed by atoms with E-state index in [0.29, 0.717) is 16.3 Å². The van der Waals surface area contributed by atoms with Crippen LogP contribution >= 0.6 is 11.6 Å². The van der Waals surface area contributed by atoms with Gasteiger partial charge in [-0.05, 0) is 36.8 Å². The van der Waals surface area contributed by atoms with E-state index in [0.717, 1.165) is 0 Å². The summed E-state index contributed by atoms with van der Waals surface area (Å²) in [7, 11) is -3.74. The van der Waals surface area contributed by atoms with Crippen LogP contribution in [-0.4, -0.2) is 13.5 Å². The molecule has 0 aliphatic carbocycles. The standard InChI is InChI=1S/C14H14ClNO3S/c1-10(17)11-5-4-6-12(9-11)20(18,19)16-14-8-3-2-7-13(14)15/h2-10,16-17H,1H3. The lowest BCUT2D eigenvalue weighted by atomic mass is 10.1. The smallest absolute Gasteiger partial charge is 0.261 e. The van der Waals surface area contributed by atoms with Crippen molar-refractivity contribution in [1.29, 1.82) is 0 Å². The lowest BCUT2D eigenvalue weighted by Crippen LogP contribution is -2.13. The van der Waals surface area contributed by atoms with E-state index < -0.39 is 16.1 Å². The van der Waals surface area contributed by atoms with Gasteiger partial charge in [0.15, 0.2) is 0 Å². The van der Waals surface area contributed by atoms with Crippen molar-refractivity contribution in [3.05, 3.63) is 59.1 Å². The number of benzene rings is 2. The molecule has 20 heavy (non-hydrogen) atoms. The molecule has 2 aromatic carbocycles. The highest BCUT2D eigenvalue weighted by Crippen LogP contribution is 2.25. The zero-order valence-corrected chi connectivity index (χ0v) is 12.3. The maximum absolute atomic E-state index is 12.3. The van der Waals surface area contributed by atoms with Gasteiger partial charge in [-0.2, -0.15) is 0 Å². The molecule has 0 saturated heterocycles. The Kier molecular flexibility index (Phi) is 4.32. The minimum Gasteiger partial charge on any atom is -0.389 e. The molecule has 6 heteroatoms. The van der Waals surface area contributed by atoms with Crippen LogP contribution in [0.2, 0.25) is 5.02 Å². The number of hydrogen-bond acceptors (Lipinski definition) is 3. The largest absolute Gasteiger partial charge is 0.389 e. The third-order valence-electron chi connectivity index (χ3n) is 2.77. The molecule has 1 unspecified atom stereocenters. The van der Waals surface area contributed by atoms with E-state index >= 15 is 0 Å². The van der Waals surface area contributed by atoms with Crippen molar-refractivity contribution in [3.63, 3.8) is 0 Å². The summed E-state index contributed by atoms with van der Waals surface area (Å²) in [5, 5.41) is 9.83. The first kappa shape index (κ1) is 14.8. The van der Waals surface area contributed by atoms with Crippen LogP contribution < -0.4 is 4.72 Å². The fourth-order valence-corrected chi connectivity index (χ4v) is 3.06. The Bertz CT molecular complexity index is 714. The number of nitrogens with one attached hydrogen (secondary N) is 1. The average molecular weight is 312 g/mol. The summed E-state index contributed by atoms with van der Waals surface area (Å²) >= 11 is 5.93. The molecule has 4 nitrogen and oxygen atoms in total. The fraction of sp³-hybridized carbons (Fsp3) is 0.143. The van der Waals surface area contributed by atoms with Crippen LogP contribution in [0.4, 0.5) is 5.69 Å². The maximum Gasteiger partial charge on any atom is 0.261 e. The van der Waals surface area contributed by atoms with Gasteiger partial charge in [0, 0.05) is 0 Å². The summed E-state index contributed by atoms with van der Waals surface area (Å²) in [6.45, 7) is 1.58. The Hall–Kier alpha value is -1.56. The van der Waals surface area contributed by atoms with Crippen molar-refractivity contribution >= 4 is 27.3 Å². The molecule has 0 saturated carbocycles. The Morgan fingerprint density at radius 1 is 1.15 bits per heavy atom. The van der Waals surface area contributed by atoms with Gasteiger partial charge in [0.05, 0.1) is 21.7 Å². The molecular formula is C14H14ClNO3S. The SMILES string of the molecule is CC(O)c1cccc(S(=O)(=O)Nc2ccccc2Cl)c1. The van der Waals surface area contributed by atoms with Gasteiger partial charge in [0.1, 0.15) is 0 Å². The first-order valence-corrected chi connectivity index (χ1v) is 7.81. The van der Waals surface area contributed by atoms with Crippen LogP contribution in [0.25, 0.3) is 0 Å². The number of aliphatic hydroxyl groups excluding tert-OH is 1. The van der Waals surface area contributed by atoms with Gasteiger partial charge in [0.25, 0.3) is 10.0 Å². The molecule has 0 radical (unpaired) electrons. The number of anilines is 1. The van der Waals surface area contributed by atoms with Gasteiger partial charge in [-0.3, -0.25) is 4.72 Å². The van der Waals surface area contributed by atoms with E-state index in [2.05, 4.69) is 4.72 Å². The second kappa shape index (κ2) is 5.83. The van der Waals surface area contributed by atoms with Crippen molar-refractivity contribution in [2.45, 2.75) is 17.9 Å². The van der Waals surface area contributed by atoms with Crippen molar-refractivity contribution in [2.24, 2.45) is 0 Å². The molecular weight excluding hydrogens is 298 g/mol. The van der Waals surface area contributed by atoms with Gasteiger partial charge >= 0.3 is 0 Å². The summed E-state index contributed by atoms with van der Waals surface area (Å²) in [5.41, 5.74) is 0.851. The van der Waals surface area contributed by atoms with E-state index in [4.69, 9.17) is 11.6 Å².